The van der Waals surface area contributed by atoms with Crippen LogP contribution in [0.2, 0.25) is 0 Å². The van der Waals surface area contributed by atoms with Crippen LogP contribution in [-0.2, 0) is 23.0 Å². The summed E-state index contributed by atoms with van der Waals surface area (Å²) in [4.78, 5) is 1.51. The molecule has 6 nitrogen and oxygen atoms in total. The van der Waals surface area contributed by atoms with Crippen LogP contribution in [-0.4, -0.2) is 28.6 Å². The average molecular weight is 414 g/mol. The van der Waals surface area contributed by atoms with Gasteiger partial charge in [-0.1, -0.05) is 24.3 Å². The normalized spacial score (nSPS) is 17.5. The van der Waals surface area contributed by atoms with Gasteiger partial charge < -0.3 is 14.1 Å². The van der Waals surface area contributed by atoms with Crippen molar-refractivity contribution in [1.82, 2.24) is 4.72 Å². The molecule has 7 heteroatoms. The van der Waals surface area contributed by atoms with Gasteiger partial charge >= 0.3 is 0 Å². The molecule has 3 aromatic rings. The fourth-order valence-corrected chi connectivity index (χ4v) is 4.91. The molecule has 4 rings (SSSR count). The second kappa shape index (κ2) is 8.41. The minimum Gasteiger partial charge on any atom is -0.497 e. The Labute approximate surface area is 171 Å². The Morgan fingerprint density at radius 2 is 1.83 bits per heavy atom. The zero-order valence-corrected chi connectivity index (χ0v) is 17.1. The number of quaternary nitrogens is 1. The first-order valence-corrected chi connectivity index (χ1v) is 11.1. The van der Waals surface area contributed by atoms with E-state index in [-0.39, 0.29) is 17.5 Å². The Bertz CT molecular complexity index is 1050. The lowest BCUT2D eigenvalue weighted by Gasteiger charge is -2.31. The molecular formula is C22H25N2O4S+. The first-order chi connectivity index (χ1) is 14.1. The highest BCUT2D eigenvalue weighted by molar-refractivity contribution is 7.89. The van der Waals surface area contributed by atoms with Crippen LogP contribution in [0, 0.1) is 0 Å². The summed E-state index contributed by atoms with van der Waals surface area (Å²) in [7, 11) is -2.08. The summed E-state index contributed by atoms with van der Waals surface area (Å²) < 4.78 is 39.1. The molecule has 0 saturated carbocycles. The second-order valence-electron chi connectivity index (χ2n) is 7.20. The molecule has 2 N–H and O–H groups in total. The van der Waals surface area contributed by atoms with Gasteiger partial charge in [-0.15, -0.1) is 0 Å². The van der Waals surface area contributed by atoms with Crippen molar-refractivity contribution in [3.8, 4) is 5.75 Å². The van der Waals surface area contributed by atoms with E-state index in [1.54, 1.807) is 37.6 Å². The number of ether oxygens (including phenoxy) is 1. The van der Waals surface area contributed by atoms with Crippen LogP contribution in [0.15, 0.2) is 76.2 Å². The van der Waals surface area contributed by atoms with E-state index in [2.05, 4.69) is 29.0 Å². The maximum absolute atomic E-state index is 12.8. The molecule has 2 atom stereocenters. The predicted molar refractivity (Wildman–Crippen MR) is 109 cm³/mol. The van der Waals surface area contributed by atoms with Gasteiger partial charge in [0.05, 0.1) is 31.4 Å². The Morgan fingerprint density at radius 3 is 2.52 bits per heavy atom. The van der Waals surface area contributed by atoms with Gasteiger partial charge in [-0.25, -0.2) is 13.1 Å². The van der Waals surface area contributed by atoms with E-state index >= 15 is 0 Å². The van der Waals surface area contributed by atoms with Crippen molar-refractivity contribution in [1.29, 1.82) is 0 Å². The third-order valence-electron chi connectivity index (χ3n) is 5.48. The summed E-state index contributed by atoms with van der Waals surface area (Å²) in [6.07, 6.45) is 2.60. The Balaban J connectivity index is 1.52. The second-order valence-corrected chi connectivity index (χ2v) is 8.97. The molecule has 0 amide bonds. The number of sulfonamides is 1. The van der Waals surface area contributed by atoms with Crippen molar-refractivity contribution in [3.05, 3.63) is 83.8 Å². The molecular weight excluding hydrogens is 388 g/mol. The highest BCUT2D eigenvalue weighted by Gasteiger charge is 2.31. The quantitative estimate of drug-likeness (QED) is 0.621. The third kappa shape index (κ3) is 4.37. The van der Waals surface area contributed by atoms with Gasteiger partial charge in [0.1, 0.15) is 12.3 Å². The van der Waals surface area contributed by atoms with Gasteiger partial charge in [-0.3, -0.25) is 0 Å². The van der Waals surface area contributed by atoms with Gasteiger partial charge in [-0.05, 0) is 42.0 Å². The van der Waals surface area contributed by atoms with Gasteiger partial charge in [-0.2, -0.15) is 0 Å². The predicted octanol–water partition coefficient (Wildman–Crippen LogP) is 1.95. The number of methoxy groups -OCH3 is 1. The molecule has 1 aliphatic rings. The summed E-state index contributed by atoms with van der Waals surface area (Å²) in [5, 5.41) is 0. The number of benzene rings is 2. The van der Waals surface area contributed by atoms with E-state index < -0.39 is 10.0 Å². The smallest absolute Gasteiger partial charge is 0.240 e. The fraction of sp³-hybridized carbons (Fsp3) is 0.273. The summed E-state index contributed by atoms with van der Waals surface area (Å²) in [5.41, 5.74) is 2.68. The number of nitrogens with one attached hydrogen (secondary N) is 2. The molecule has 1 aliphatic heterocycles. The molecule has 0 fully saturated rings. The third-order valence-corrected chi connectivity index (χ3v) is 6.92. The molecule has 29 heavy (non-hydrogen) atoms. The molecule has 152 valence electrons. The molecule has 2 heterocycles. The van der Waals surface area contributed by atoms with Crippen LogP contribution in [0.3, 0.4) is 0 Å². The number of hydrogen-bond donors (Lipinski definition) is 2. The van der Waals surface area contributed by atoms with E-state index in [0.29, 0.717) is 5.75 Å². The van der Waals surface area contributed by atoms with Crippen LogP contribution >= 0.6 is 0 Å². The molecule has 1 aromatic heterocycles. The van der Waals surface area contributed by atoms with E-state index in [4.69, 9.17) is 9.15 Å². The lowest BCUT2D eigenvalue weighted by molar-refractivity contribution is -0.946. The lowest BCUT2D eigenvalue weighted by atomic mass is 9.98. The van der Waals surface area contributed by atoms with Crippen LogP contribution in [0.1, 0.15) is 22.9 Å². The van der Waals surface area contributed by atoms with Crippen molar-refractivity contribution in [3.63, 3.8) is 0 Å². The van der Waals surface area contributed by atoms with E-state index in [1.165, 1.54) is 16.0 Å². The minimum atomic E-state index is -3.63. The molecule has 2 aromatic carbocycles. The fourth-order valence-electron chi connectivity index (χ4n) is 3.87. The number of hydrogen-bond acceptors (Lipinski definition) is 4. The minimum absolute atomic E-state index is 0.105. The Kier molecular flexibility index (Phi) is 5.71. The Hall–Kier alpha value is -2.61. The lowest BCUT2D eigenvalue weighted by Crippen LogP contribution is -3.12. The molecule has 0 radical (unpaired) electrons. The average Bonchev–Trinajstić information content (AvgIpc) is 3.28. The molecule has 0 spiro atoms. The zero-order valence-electron chi connectivity index (χ0n) is 16.3. The van der Waals surface area contributed by atoms with Crippen molar-refractivity contribution >= 4 is 10.0 Å². The zero-order chi connectivity index (χ0) is 20.3. The maximum atomic E-state index is 12.8. The van der Waals surface area contributed by atoms with E-state index in [9.17, 15) is 8.42 Å². The number of furan rings is 1. The largest absolute Gasteiger partial charge is 0.497 e. The van der Waals surface area contributed by atoms with Gasteiger partial charge in [0.15, 0.2) is 11.8 Å². The highest BCUT2D eigenvalue weighted by Crippen LogP contribution is 2.18. The van der Waals surface area contributed by atoms with Crippen molar-refractivity contribution in [2.75, 3.05) is 20.2 Å². The summed E-state index contributed by atoms with van der Waals surface area (Å²) in [6, 6.07) is 18.5. The van der Waals surface area contributed by atoms with Crippen molar-refractivity contribution < 1.29 is 22.5 Å². The standard InChI is InChI=1S/C22H24N2O4S/c1-27-19-8-10-20(11-9-19)29(25,26)23-15-21(22-7-4-14-28-22)24-13-12-17-5-2-3-6-18(17)16-24/h2-11,14,21,23H,12-13,15-16H2,1H3/p+1/t21-/m1/s1. The summed E-state index contributed by atoms with van der Waals surface area (Å²) in [5.74, 6) is 1.41. The van der Waals surface area contributed by atoms with Crippen LogP contribution in [0.25, 0.3) is 0 Å². The SMILES string of the molecule is COc1ccc(S(=O)(=O)NC[C@H](c2ccco2)[NH+]2CCc3ccccc3C2)cc1. The molecule has 0 bridgehead atoms. The first kappa shape index (κ1) is 19.7. The topological polar surface area (TPSA) is 73.0 Å². The molecule has 0 aliphatic carbocycles. The highest BCUT2D eigenvalue weighted by atomic mass is 32.2. The number of fused-ring (bicyclic) bond motifs is 1. The van der Waals surface area contributed by atoms with Crippen molar-refractivity contribution in [2.24, 2.45) is 0 Å². The van der Waals surface area contributed by atoms with Crippen LogP contribution in [0.4, 0.5) is 0 Å². The van der Waals surface area contributed by atoms with E-state index in [0.717, 1.165) is 25.3 Å². The molecule has 0 saturated heterocycles. The molecule has 1 unspecified atom stereocenters. The summed E-state index contributed by atoms with van der Waals surface area (Å²) >= 11 is 0. The van der Waals surface area contributed by atoms with Gasteiger partial charge in [0.25, 0.3) is 0 Å². The van der Waals surface area contributed by atoms with Crippen LogP contribution in [0.5, 0.6) is 5.75 Å². The maximum Gasteiger partial charge on any atom is 0.240 e. The van der Waals surface area contributed by atoms with Gasteiger partial charge in [0.2, 0.25) is 10.0 Å². The van der Waals surface area contributed by atoms with Crippen LogP contribution < -0.4 is 14.4 Å². The van der Waals surface area contributed by atoms with Crippen molar-refractivity contribution in [2.45, 2.75) is 23.9 Å². The van der Waals surface area contributed by atoms with E-state index in [1.807, 2.05) is 12.1 Å². The summed E-state index contributed by atoms with van der Waals surface area (Å²) in [6.45, 7) is 2.03. The number of rotatable bonds is 7. The van der Waals surface area contributed by atoms with Gasteiger partial charge in [0, 0.05) is 12.0 Å². The monoisotopic (exact) mass is 413 g/mol. The Morgan fingerprint density at radius 1 is 1.07 bits per heavy atom. The first-order valence-electron chi connectivity index (χ1n) is 9.65.